The van der Waals surface area contributed by atoms with Crippen molar-refractivity contribution < 1.29 is 9.47 Å². The lowest BCUT2D eigenvalue weighted by Crippen LogP contribution is -2.55. The zero-order chi connectivity index (χ0) is 22.6. The Balaban J connectivity index is 2.02. The van der Waals surface area contributed by atoms with Gasteiger partial charge in [-0.2, -0.15) is 0 Å². The van der Waals surface area contributed by atoms with E-state index >= 15 is 0 Å². The molecule has 0 aromatic heterocycles. The first-order valence-electron chi connectivity index (χ1n) is 11.6. The second-order valence-electron chi connectivity index (χ2n) is 8.68. The van der Waals surface area contributed by atoms with Crippen LogP contribution in [0, 0.1) is 12.8 Å². The Hall–Kier alpha value is -1.83. The monoisotopic (exact) mass is 433 g/mol. The molecule has 1 aliphatic heterocycles. The number of guanidine groups is 1. The van der Waals surface area contributed by atoms with E-state index in [2.05, 4.69) is 73.4 Å². The van der Waals surface area contributed by atoms with Crippen LogP contribution < -0.4 is 15.4 Å². The summed E-state index contributed by atoms with van der Waals surface area (Å²) in [6.07, 6.45) is 0. The summed E-state index contributed by atoms with van der Waals surface area (Å²) in [6, 6.07) is 6.77. The maximum atomic E-state index is 5.92. The molecule has 1 aliphatic rings. The number of benzene rings is 1. The minimum absolute atomic E-state index is 0.491. The molecule has 1 atom stereocenters. The Morgan fingerprint density at radius 1 is 1.13 bits per heavy atom. The number of nitrogens with zero attached hydrogens (tertiary/aromatic N) is 3. The lowest BCUT2D eigenvalue weighted by molar-refractivity contribution is 0.0900. The molecule has 1 fully saturated rings. The fourth-order valence-electron chi connectivity index (χ4n) is 3.81. The zero-order valence-electron chi connectivity index (χ0n) is 20.4. The number of aliphatic imine (C=N–C) groups is 1. The molecule has 1 unspecified atom stereocenters. The van der Waals surface area contributed by atoms with Gasteiger partial charge >= 0.3 is 0 Å². The van der Waals surface area contributed by atoms with Crippen molar-refractivity contribution in [2.24, 2.45) is 10.9 Å². The minimum atomic E-state index is 0.491. The number of piperazine rings is 1. The predicted molar refractivity (Wildman–Crippen MR) is 129 cm³/mol. The zero-order valence-corrected chi connectivity index (χ0v) is 20.4. The second-order valence-corrected chi connectivity index (χ2v) is 8.68. The van der Waals surface area contributed by atoms with Crippen LogP contribution in [0.5, 0.6) is 5.75 Å². The Morgan fingerprint density at radius 3 is 2.52 bits per heavy atom. The van der Waals surface area contributed by atoms with Crippen LogP contribution in [0.4, 0.5) is 0 Å². The van der Waals surface area contributed by atoms with Crippen molar-refractivity contribution in [2.45, 2.75) is 40.3 Å². The fraction of sp³-hybridized carbons (Fsp3) is 0.708. The lowest BCUT2D eigenvalue weighted by Gasteiger charge is -2.40. The number of hydrogen-bond acceptors (Lipinski definition) is 5. The van der Waals surface area contributed by atoms with Crippen molar-refractivity contribution in [1.82, 2.24) is 20.4 Å². The SMILES string of the molecule is CCNC(=NCc1ccc(C)cc1OCCOC)NCC(C(C)C)N1CCN(C)CC1. The van der Waals surface area contributed by atoms with Gasteiger partial charge < -0.3 is 25.0 Å². The molecule has 0 aliphatic carbocycles. The molecule has 1 heterocycles. The average Bonchev–Trinajstić information content (AvgIpc) is 2.74. The van der Waals surface area contributed by atoms with Gasteiger partial charge in [0.1, 0.15) is 12.4 Å². The molecular weight excluding hydrogens is 390 g/mol. The maximum absolute atomic E-state index is 5.92. The van der Waals surface area contributed by atoms with Crippen molar-refractivity contribution in [3.8, 4) is 5.75 Å². The Kier molecular flexibility index (Phi) is 11.1. The van der Waals surface area contributed by atoms with Crippen molar-refractivity contribution in [3.05, 3.63) is 29.3 Å². The van der Waals surface area contributed by atoms with Gasteiger partial charge in [-0.15, -0.1) is 0 Å². The fourth-order valence-corrected chi connectivity index (χ4v) is 3.81. The van der Waals surface area contributed by atoms with Crippen molar-refractivity contribution in [2.75, 3.05) is 66.6 Å². The van der Waals surface area contributed by atoms with Gasteiger partial charge in [-0.25, -0.2) is 4.99 Å². The van der Waals surface area contributed by atoms with Crippen LogP contribution in [0.3, 0.4) is 0 Å². The van der Waals surface area contributed by atoms with Gasteiger partial charge in [0.25, 0.3) is 0 Å². The molecule has 0 spiro atoms. The number of likely N-dealkylation sites (N-methyl/N-ethyl adjacent to an activating group) is 1. The molecule has 7 heteroatoms. The van der Waals surface area contributed by atoms with E-state index < -0.39 is 0 Å². The van der Waals surface area contributed by atoms with E-state index in [9.17, 15) is 0 Å². The Labute approximate surface area is 189 Å². The highest BCUT2D eigenvalue weighted by molar-refractivity contribution is 5.79. The molecule has 176 valence electrons. The van der Waals surface area contributed by atoms with E-state index in [0.717, 1.165) is 56.5 Å². The highest BCUT2D eigenvalue weighted by Gasteiger charge is 2.25. The molecule has 0 bridgehead atoms. The van der Waals surface area contributed by atoms with Crippen LogP contribution in [0.25, 0.3) is 0 Å². The van der Waals surface area contributed by atoms with Crippen LogP contribution in [0.1, 0.15) is 31.9 Å². The third kappa shape index (κ3) is 8.67. The average molecular weight is 434 g/mol. The summed E-state index contributed by atoms with van der Waals surface area (Å²) in [6.45, 7) is 16.7. The first-order chi connectivity index (χ1) is 14.9. The normalized spacial score (nSPS) is 17.1. The first kappa shape index (κ1) is 25.4. The van der Waals surface area contributed by atoms with Crippen molar-refractivity contribution in [1.29, 1.82) is 0 Å². The Morgan fingerprint density at radius 2 is 1.87 bits per heavy atom. The summed E-state index contributed by atoms with van der Waals surface area (Å²) in [5.74, 6) is 2.32. The number of ether oxygens (including phenoxy) is 2. The molecular formula is C24H43N5O2. The number of nitrogens with one attached hydrogen (secondary N) is 2. The molecule has 2 rings (SSSR count). The summed E-state index contributed by atoms with van der Waals surface area (Å²) in [5.41, 5.74) is 2.26. The third-order valence-corrected chi connectivity index (χ3v) is 5.77. The summed E-state index contributed by atoms with van der Waals surface area (Å²) < 4.78 is 11.0. The summed E-state index contributed by atoms with van der Waals surface area (Å²) >= 11 is 0. The van der Waals surface area contributed by atoms with Gasteiger partial charge in [-0.1, -0.05) is 26.0 Å². The molecule has 7 nitrogen and oxygen atoms in total. The van der Waals surface area contributed by atoms with E-state index in [1.165, 1.54) is 5.56 Å². The number of aryl methyl sites for hydroxylation is 1. The summed E-state index contributed by atoms with van der Waals surface area (Å²) in [7, 11) is 3.89. The smallest absolute Gasteiger partial charge is 0.191 e. The van der Waals surface area contributed by atoms with Crippen LogP contribution in [0.15, 0.2) is 23.2 Å². The van der Waals surface area contributed by atoms with Gasteiger partial charge in [-0.3, -0.25) is 4.90 Å². The molecule has 0 radical (unpaired) electrons. The van der Waals surface area contributed by atoms with E-state index in [0.29, 0.717) is 31.7 Å². The number of rotatable bonds is 11. The predicted octanol–water partition coefficient (Wildman–Crippen LogP) is 2.35. The van der Waals surface area contributed by atoms with Crippen LogP contribution in [0.2, 0.25) is 0 Å². The highest BCUT2D eigenvalue weighted by Crippen LogP contribution is 2.21. The Bertz CT molecular complexity index is 672. The molecule has 31 heavy (non-hydrogen) atoms. The lowest BCUT2D eigenvalue weighted by atomic mass is 10.0. The molecule has 1 aromatic rings. The quantitative estimate of drug-likeness (QED) is 0.317. The molecule has 0 saturated carbocycles. The number of methoxy groups -OCH3 is 1. The van der Waals surface area contributed by atoms with E-state index in [-0.39, 0.29) is 0 Å². The van der Waals surface area contributed by atoms with E-state index in [1.807, 2.05) is 0 Å². The van der Waals surface area contributed by atoms with Crippen molar-refractivity contribution >= 4 is 5.96 Å². The largest absolute Gasteiger partial charge is 0.491 e. The van der Waals surface area contributed by atoms with Crippen LogP contribution in [-0.4, -0.2) is 88.4 Å². The first-order valence-corrected chi connectivity index (χ1v) is 11.6. The summed E-state index contributed by atoms with van der Waals surface area (Å²) in [5, 5.41) is 6.98. The van der Waals surface area contributed by atoms with Crippen LogP contribution in [-0.2, 0) is 11.3 Å². The van der Waals surface area contributed by atoms with E-state index in [1.54, 1.807) is 7.11 Å². The highest BCUT2D eigenvalue weighted by atomic mass is 16.5. The summed E-state index contributed by atoms with van der Waals surface area (Å²) in [4.78, 5) is 9.86. The van der Waals surface area contributed by atoms with Crippen molar-refractivity contribution in [3.63, 3.8) is 0 Å². The molecule has 0 amide bonds. The van der Waals surface area contributed by atoms with Gasteiger partial charge in [-0.05, 0) is 38.4 Å². The molecule has 2 N–H and O–H groups in total. The minimum Gasteiger partial charge on any atom is -0.491 e. The van der Waals surface area contributed by atoms with Gasteiger partial charge in [0.2, 0.25) is 0 Å². The number of hydrogen-bond donors (Lipinski definition) is 2. The topological polar surface area (TPSA) is 61.4 Å². The van der Waals surface area contributed by atoms with Gasteiger partial charge in [0.05, 0.1) is 13.2 Å². The van der Waals surface area contributed by atoms with Gasteiger partial charge in [0, 0.05) is 58.0 Å². The van der Waals surface area contributed by atoms with E-state index in [4.69, 9.17) is 14.5 Å². The maximum Gasteiger partial charge on any atom is 0.191 e. The molecule has 1 aromatic carbocycles. The second kappa shape index (κ2) is 13.6. The van der Waals surface area contributed by atoms with Crippen LogP contribution >= 0.6 is 0 Å². The van der Waals surface area contributed by atoms with Gasteiger partial charge in [0.15, 0.2) is 5.96 Å². The third-order valence-electron chi connectivity index (χ3n) is 5.77. The molecule has 1 saturated heterocycles. The standard InChI is InChI=1S/C24H43N5O2/c1-7-25-24(27-18-22(19(2)3)29-12-10-28(5)11-13-29)26-17-21-9-8-20(4)16-23(21)31-15-14-30-6/h8-9,16,19,22H,7,10-15,17-18H2,1-6H3,(H2,25,26,27).